The lowest BCUT2D eigenvalue weighted by molar-refractivity contribution is -0.156. The first-order valence-corrected chi connectivity index (χ1v) is 7.27. The van der Waals surface area contributed by atoms with Gasteiger partial charge in [-0.1, -0.05) is 6.07 Å². The minimum absolute atomic E-state index is 0.0398. The topological polar surface area (TPSA) is 120 Å². The molecule has 8 nitrogen and oxygen atoms in total. The van der Waals surface area contributed by atoms with E-state index in [0.717, 1.165) is 7.11 Å². The Bertz CT molecular complexity index is 1060. The van der Waals surface area contributed by atoms with E-state index in [1.807, 2.05) is 6.07 Å². The summed E-state index contributed by atoms with van der Waals surface area (Å²) >= 11 is 0. The van der Waals surface area contributed by atoms with Gasteiger partial charge < -0.3 is 19.5 Å². The van der Waals surface area contributed by atoms with E-state index in [0.29, 0.717) is 5.69 Å². The highest BCUT2D eigenvalue weighted by Crippen LogP contribution is 2.31. The lowest BCUT2D eigenvalue weighted by Crippen LogP contribution is -2.11. The summed E-state index contributed by atoms with van der Waals surface area (Å²) in [6.45, 7) is 0. The Morgan fingerprint density at radius 1 is 1.37 bits per heavy atom. The average Bonchev–Trinajstić information content (AvgIpc) is 3.26. The molecule has 2 N–H and O–H groups in total. The molecule has 0 radical (unpaired) electrons. The Morgan fingerprint density at radius 2 is 2.11 bits per heavy atom. The monoisotopic (exact) mass is 377 g/mol. The minimum Gasteiger partial charge on any atom is -0.464 e. The summed E-state index contributed by atoms with van der Waals surface area (Å²) < 4.78 is 48.5. The number of nitrogen functional groups attached to an aromatic ring is 1. The van der Waals surface area contributed by atoms with Gasteiger partial charge in [0, 0.05) is 17.4 Å². The van der Waals surface area contributed by atoms with E-state index in [2.05, 4.69) is 19.4 Å². The molecule has 2 heterocycles. The zero-order chi connectivity index (χ0) is 19.8. The number of nitriles is 1. The van der Waals surface area contributed by atoms with Gasteiger partial charge >= 0.3 is 18.0 Å². The second-order valence-electron chi connectivity index (χ2n) is 5.24. The zero-order valence-electron chi connectivity index (χ0n) is 13.6. The average molecular weight is 377 g/mol. The molecular weight excluding hydrogens is 367 g/mol. The van der Waals surface area contributed by atoms with Crippen molar-refractivity contribution in [2.75, 3.05) is 12.8 Å². The summed E-state index contributed by atoms with van der Waals surface area (Å²) in [7, 11) is 1.15. The fourth-order valence-corrected chi connectivity index (χ4v) is 2.36. The summed E-state index contributed by atoms with van der Waals surface area (Å²) in [6, 6.07) is 7.76. The molecule has 0 aliphatic rings. The number of benzene rings is 1. The van der Waals surface area contributed by atoms with Crippen LogP contribution in [0.4, 0.5) is 18.9 Å². The third-order valence-corrected chi connectivity index (χ3v) is 3.58. The second kappa shape index (κ2) is 6.49. The fourth-order valence-electron chi connectivity index (χ4n) is 2.36. The van der Waals surface area contributed by atoms with Crippen LogP contribution in [0.2, 0.25) is 0 Å². The van der Waals surface area contributed by atoms with Gasteiger partial charge in [0.1, 0.15) is 6.07 Å². The van der Waals surface area contributed by atoms with E-state index < -0.39 is 18.0 Å². The summed E-state index contributed by atoms with van der Waals surface area (Å²) in [6.07, 6.45) is -3.45. The number of alkyl halides is 3. The van der Waals surface area contributed by atoms with Crippen molar-refractivity contribution in [2.45, 2.75) is 6.18 Å². The number of hydrogen-bond acceptors (Lipinski definition) is 7. The molecule has 27 heavy (non-hydrogen) atoms. The largest absolute Gasteiger partial charge is 0.470 e. The number of hydrogen-bond donors (Lipinski definition) is 1. The molecule has 11 heteroatoms. The van der Waals surface area contributed by atoms with E-state index >= 15 is 0 Å². The Labute approximate surface area is 149 Å². The SMILES string of the molecule is COC(=O)c1c(N)c(C#N)cn1-c1cccc(-c2nnc(C(F)(F)F)o2)c1. The molecule has 1 aromatic carbocycles. The maximum atomic E-state index is 12.6. The number of carbonyl (C=O) groups is 1. The zero-order valence-corrected chi connectivity index (χ0v) is 13.6. The van der Waals surface area contributed by atoms with E-state index in [1.54, 1.807) is 6.07 Å². The first-order chi connectivity index (χ1) is 12.8. The van der Waals surface area contributed by atoms with Gasteiger partial charge in [-0.2, -0.15) is 18.4 Å². The van der Waals surface area contributed by atoms with Gasteiger partial charge in [0.05, 0.1) is 18.4 Å². The van der Waals surface area contributed by atoms with Crippen LogP contribution in [-0.4, -0.2) is 27.8 Å². The molecule has 138 valence electrons. The van der Waals surface area contributed by atoms with Crippen molar-refractivity contribution in [2.24, 2.45) is 0 Å². The normalized spacial score (nSPS) is 11.2. The molecule has 0 amide bonds. The number of nitrogens with zero attached hydrogens (tertiary/aromatic N) is 4. The number of ether oxygens (including phenoxy) is 1. The number of halogens is 3. The van der Waals surface area contributed by atoms with Crippen LogP contribution in [0.1, 0.15) is 21.9 Å². The van der Waals surface area contributed by atoms with Crippen molar-refractivity contribution < 1.29 is 27.1 Å². The Morgan fingerprint density at radius 3 is 2.70 bits per heavy atom. The molecule has 3 rings (SSSR count). The van der Waals surface area contributed by atoms with Gasteiger partial charge in [-0.15, -0.1) is 10.2 Å². The first kappa shape index (κ1) is 18.0. The molecule has 0 spiro atoms. The van der Waals surface area contributed by atoms with Crippen LogP contribution in [-0.2, 0) is 10.9 Å². The van der Waals surface area contributed by atoms with Crippen molar-refractivity contribution in [1.82, 2.24) is 14.8 Å². The number of esters is 1. The Hall–Kier alpha value is -3.81. The molecule has 0 atom stereocenters. The van der Waals surface area contributed by atoms with E-state index in [1.165, 1.54) is 29.0 Å². The number of nitrogens with two attached hydrogens (primary N) is 1. The van der Waals surface area contributed by atoms with Crippen molar-refractivity contribution in [3.8, 4) is 23.2 Å². The van der Waals surface area contributed by atoms with Crippen LogP contribution in [0.5, 0.6) is 0 Å². The van der Waals surface area contributed by atoms with Crippen molar-refractivity contribution in [1.29, 1.82) is 5.26 Å². The second-order valence-corrected chi connectivity index (χ2v) is 5.24. The predicted octanol–water partition coefficient (Wildman–Crippen LogP) is 2.79. The predicted molar refractivity (Wildman–Crippen MR) is 84.5 cm³/mol. The van der Waals surface area contributed by atoms with Crippen molar-refractivity contribution in [3.05, 3.63) is 47.6 Å². The maximum absolute atomic E-state index is 12.6. The number of methoxy groups -OCH3 is 1. The lowest BCUT2D eigenvalue weighted by Gasteiger charge is -2.09. The van der Waals surface area contributed by atoms with Crippen LogP contribution < -0.4 is 5.73 Å². The van der Waals surface area contributed by atoms with Crippen LogP contribution in [0.25, 0.3) is 17.1 Å². The van der Waals surface area contributed by atoms with Crippen LogP contribution in [0.3, 0.4) is 0 Å². The Kier molecular flexibility index (Phi) is 4.32. The first-order valence-electron chi connectivity index (χ1n) is 7.27. The summed E-state index contributed by atoms with van der Waals surface area (Å²) in [4.78, 5) is 12.0. The standard InChI is InChI=1S/C16H10F3N5O3/c1-26-14(25)12-11(21)9(6-20)7-24(12)10-4-2-3-8(5-10)13-22-23-15(27-13)16(17,18)19/h2-5,7H,21H2,1H3. The van der Waals surface area contributed by atoms with E-state index in [4.69, 9.17) is 11.0 Å². The fraction of sp³-hybridized carbons (Fsp3) is 0.125. The molecule has 0 unspecified atom stereocenters. The summed E-state index contributed by atoms with van der Waals surface area (Å²) in [5.41, 5.74) is 6.20. The molecular formula is C16H10F3N5O3. The Balaban J connectivity index is 2.11. The molecule has 2 aromatic heterocycles. The summed E-state index contributed by atoms with van der Waals surface area (Å²) in [5.74, 6) is -2.61. The molecule has 0 fully saturated rings. The van der Waals surface area contributed by atoms with Crippen molar-refractivity contribution >= 4 is 11.7 Å². The molecule has 0 aliphatic carbocycles. The number of rotatable bonds is 3. The molecule has 0 bridgehead atoms. The highest BCUT2D eigenvalue weighted by atomic mass is 19.4. The number of anilines is 1. The van der Waals surface area contributed by atoms with E-state index in [-0.39, 0.29) is 28.4 Å². The lowest BCUT2D eigenvalue weighted by atomic mass is 10.2. The maximum Gasteiger partial charge on any atom is 0.470 e. The van der Waals surface area contributed by atoms with Crippen molar-refractivity contribution in [3.63, 3.8) is 0 Å². The quantitative estimate of drug-likeness (QED) is 0.697. The highest BCUT2D eigenvalue weighted by Gasteiger charge is 2.38. The molecule has 0 saturated heterocycles. The van der Waals surface area contributed by atoms with E-state index in [9.17, 15) is 18.0 Å². The van der Waals surface area contributed by atoms with Gasteiger partial charge in [0.15, 0.2) is 5.69 Å². The van der Waals surface area contributed by atoms with Gasteiger partial charge in [0.25, 0.3) is 0 Å². The number of carbonyl (C=O) groups excluding carboxylic acids is 1. The molecule has 3 aromatic rings. The number of aromatic nitrogens is 3. The third-order valence-electron chi connectivity index (χ3n) is 3.58. The minimum atomic E-state index is -4.77. The highest BCUT2D eigenvalue weighted by molar-refractivity contribution is 5.96. The van der Waals surface area contributed by atoms with Crippen LogP contribution in [0.15, 0.2) is 34.9 Å². The van der Waals surface area contributed by atoms with Gasteiger partial charge in [-0.05, 0) is 18.2 Å². The molecule has 0 saturated carbocycles. The van der Waals surface area contributed by atoms with Gasteiger partial charge in [-0.25, -0.2) is 4.79 Å². The van der Waals surface area contributed by atoms with Crippen LogP contribution in [0, 0.1) is 11.3 Å². The van der Waals surface area contributed by atoms with Gasteiger partial charge in [-0.3, -0.25) is 0 Å². The third kappa shape index (κ3) is 3.20. The van der Waals surface area contributed by atoms with Crippen LogP contribution >= 0.6 is 0 Å². The molecule has 0 aliphatic heterocycles. The van der Waals surface area contributed by atoms with Gasteiger partial charge in [0.2, 0.25) is 5.89 Å². The summed E-state index contributed by atoms with van der Waals surface area (Å²) in [5, 5.41) is 15.5. The smallest absolute Gasteiger partial charge is 0.464 e.